The Labute approximate surface area is 159 Å². The van der Waals surface area contributed by atoms with Gasteiger partial charge in [0, 0.05) is 33.3 Å². The zero-order chi connectivity index (χ0) is 20.3. The van der Waals surface area contributed by atoms with Crippen molar-refractivity contribution in [2.45, 2.75) is 33.3 Å². The maximum Gasteiger partial charge on any atom is 0.339 e. The molecule has 1 amide bonds. The number of rotatable bonds is 5. The molecule has 0 bridgehead atoms. The molecule has 0 saturated carbocycles. The van der Waals surface area contributed by atoms with E-state index in [1.807, 2.05) is 4.90 Å². The molecule has 1 aromatic carbocycles. The Morgan fingerprint density at radius 3 is 2.37 bits per heavy atom. The van der Waals surface area contributed by atoms with Crippen LogP contribution in [0.5, 0.6) is 0 Å². The zero-order valence-electron chi connectivity index (χ0n) is 16.5. The van der Waals surface area contributed by atoms with Gasteiger partial charge in [0.1, 0.15) is 5.69 Å². The average Bonchev–Trinajstić information content (AvgIpc) is 2.59. The number of piperidine rings is 1. The van der Waals surface area contributed by atoms with Gasteiger partial charge in [-0.2, -0.15) is 0 Å². The van der Waals surface area contributed by atoms with Gasteiger partial charge >= 0.3 is 5.97 Å². The van der Waals surface area contributed by atoms with Crippen LogP contribution >= 0.6 is 0 Å². The van der Waals surface area contributed by atoms with Crippen molar-refractivity contribution < 1.29 is 19.2 Å². The minimum Gasteiger partial charge on any atom is -0.449 e. The number of likely N-dealkylation sites (N-methyl/N-ethyl adjacent to an activating group) is 1. The number of carbonyl (C=O) groups is 2. The van der Waals surface area contributed by atoms with E-state index in [1.165, 1.54) is 24.0 Å². The number of nitro groups is 1. The Morgan fingerprint density at radius 2 is 1.85 bits per heavy atom. The summed E-state index contributed by atoms with van der Waals surface area (Å²) in [5, 5.41) is 11.6. The van der Waals surface area contributed by atoms with Crippen LogP contribution in [0, 0.1) is 22.0 Å². The van der Waals surface area contributed by atoms with Crippen molar-refractivity contribution in [3.63, 3.8) is 0 Å². The van der Waals surface area contributed by atoms with E-state index in [1.54, 1.807) is 20.2 Å². The van der Waals surface area contributed by atoms with E-state index in [-0.39, 0.29) is 17.2 Å². The van der Waals surface area contributed by atoms with E-state index < -0.39 is 17.0 Å². The van der Waals surface area contributed by atoms with Gasteiger partial charge in [0.05, 0.1) is 10.5 Å². The molecule has 0 aromatic heterocycles. The molecule has 0 spiro atoms. The molecule has 0 radical (unpaired) electrons. The molecule has 1 aliphatic rings. The van der Waals surface area contributed by atoms with Crippen LogP contribution in [-0.4, -0.2) is 55.0 Å². The second kappa shape index (κ2) is 8.37. The van der Waals surface area contributed by atoms with Crippen molar-refractivity contribution in [1.29, 1.82) is 0 Å². The molecule has 1 fully saturated rings. The summed E-state index contributed by atoms with van der Waals surface area (Å²) >= 11 is 0. The number of hydrogen-bond acceptors (Lipinski definition) is 6. The zero-order valence-corrected chi connectivity index (χ0v) is 16.5. The Kier molecular flexibility index (Phi) is 6.41. The molecule has 0 aliphatic carbocycles. The van der Waals surface area contributed by atoms with Crippen molar-refractivity contribution in [3.8, 4) is 0 Å². The summed E-state index contributed by atoms with van der Waals surface area (Å²) in [7, 11) is 3.12. The van der Waals surface area contributed by atoms with Crippen molar-refractivity contribution in [2.75, 3.05) is 32.1 Å². The van der Waals surface area contributed by atoms with Crippen molar-refractivity contribution in [1.82, 2.24) is 4.90 Å². The molecular formula is C19H27N3O5. The molecule has 1 heterocycles. The van der Waals surface area contributed by atoms with Gasteiger partial charge in [0.2, 0.25) is 0 Å². The van der Waals surface area contributed by atoms with Crippen LogP contribution < -0.4 is 4.90 Å². The van der Waals surface area contributed by atoms with Gasteiger partial charge in [-0.3, -0.25) is 14.9 Å². The van der Waals surface area contributed by atoms with Gasteiger partial charge in [0.15, 0.2) is 6.10 Å². The van der Waals surface area contributed by atoms with E-state index in [0.717, 1.165) is 19.5 Å². The highest BCUT2D eigenvalue weighted by molar-refractivity contribution is 5.93. The van der Waals surface area contributed by atoms with E-state index in [0.29, 0.717) is 17.5 Å². The summed E-state index contributed by atoms with van der Waals surface area (Å²) in [6.45, 7) is 7.21. The number of hydrogen-bond donors (Lipinski definition) is 0. The smallest absolute Gasteiger partial charge is 0.339 e. The first-order valence-corrected chi connectivity index (χ1v) is 9.05. The molecule has 0 unspecified atom stereocenters. The maximum atomic E-state index is 12.3. The first-order chi connectivity index (χ1) is 12.6. The molecule has 8 nitrogen and oxygen atoms in total. The van der Waals surface area contributed by atoms with Crippen LogP contribution in [0.25, 0.3) is 0 Å². The molecule has 8 heteroatoms. The van der Waals surface area contributed by atoms with Crippen LogP contribution in [-0.2, 0) is 9.53 Å². The summed E-state index contributed by atoms with van der Waals surface area (Å²) in [5.74, 6) is -0.231. The summed E-state index contributed by atoms with van der Waals surface area (Å²) in [6.07, 6.45) is 0.127. The number of nitro benzene ring substituents is 1. The highest BCUT2D eigenvalue weighted by Crippen LogP contribution is 2.34. The summed E-state index contributed by atoms with van der Waals surface area (Å²) in [6, 6.07) is 4.34. The van der Waals surface area contributed by atoms with Gasteiger partial charge in [-0.25, -0.2) is 4.79 Å². The summed E-state index contributed by atoms with van der Waals surface area (Å²) < 4.78 is 5.15. The van der Waals surface area contributed by atoms with Crippen LogP contribution in [0.2, 0.25) is 0 Å². The van der Waals surface area contributed by atoms with Crippen LogP contribution in [0.1, 0.15) is 37.6 Å². The molecule has 3 atom stereocenters. The number of esters is 1. The molecule has 148 valence electrons. The minimum absolute atomic E-state index is 0.0574. The molecular weight excluding hydrogens is 350 g/mol. The molecule has 27 heavy (non-hydrogen) atoms. The van der Waals surface area contributed by atoms with Gasteiger partial charge in [-0.1, -0.05) is 13.8 Å². The van der Waals surface area contributed by atoms with Crippen LogP contribution in [0.3, 0.4) is 0 Å². The fourth-order valence-corrected chi connectivity index (χ4v) is 3.57. The van der Waals surface area contributed by atoms with Crippen molar-refractivity contribution in [3.05, 3.63) is 33.9 Å². The number of nitrogens with zero attached hydrogens (tertiary/aromatic N) is 3. The van der Waals surface area contributed by atoms with Crippen LogP contribution in [0.4, 0.5) is 11.4 Å². The Bertz CT molecular complexity index is 724. The van der Waals surface area contributed by atoms with E-state index in [4.69, 9.17) is 4.74 Å². The topological polar surface area (TPSA) is 93.0 Å². The number of ether oxygens (including phenoxy) is 1. The SMILES string of the molecule is C[C@@H]1C[C@@H](C)CN(c2ccc(C(=O)O[C@H](C)C(=O)N(C)C)cc2[N+](=O)[O-])C1. The third-order valence-corrected chi connectivity index (χ3v) is 4.69. The molecule has 2 rings (SSSR count). The summed E-state index contributed by atoms with van der Waals surface area (Å²) in [4.78, 5) is 38.6. The first-order valence-electron chi connectivity index (χ1n) is 9.05. The molecule has 1 aromatic rings. The third kappa shape index (κ3) is 4.96. The lowest BCUT2D eigenvalue weighted by Gasteiger charge is -2.36. The van der Waals surface area contributed by atoms with E-state index in [9.17, 15) is 19.7 Å². The number of anilines is 1. The van der Waals surface area contributed by atoms with Crippen molar-refractivity contribution >= 4 is 23.3 Å². The second-order valence-corrected chi connectivity index (χ2v) is 7.59. The van der Waals surface area contributed by atoms with Gasteiger partial charge < -0.3 is 14.5 Å². The number of amides is 1. The van der Waals surface area contributed by atoms with Gasteiger partial charge in [-0.15, -0.1) is 0 Å². The molecule has 1 aliphatic heterocycles. The van der Waals surface area contributed by atoms with E-state index in [2.05, 4.69) is 13.8 Å². The monoisotopic (exact) mass is 377 g/mol. The molecule has 1 saturated heterocycles. The second-order valence-electron chi connectivity index (χ2n) is 7.59. The standard InChI is InChI=1S/C19H27N3O5/c1-12-8-13(2)11-21(10-12)16-7-6-15(9-17(16)22(25)26)19(24)27-14(3)18(23)20(4)5/h6-7,9,12-14H,8,10-11H2,1-5H3/t12-,13-,14-/m1/s1. The quantitative estimate of drug-likeness (QED) is 0.445. The Balaban J connectivity index is 2.26. The van der Waals surface area contributed by atoms with E-state index >= 15 is 0 Å². The lowest BCUT2D eigenvalue weighted by molar-refractivity contribution is -0.384. The predicted molar refractivity (Wildman–Crippen MR) is 102 cm³/mol. The van der Waals surface area contributed by atoms with Crippen molar-refractivity contribution in [2.24, 2.45) is 11.8 Å². The minimum atomic E-state index is -0.963. The fraction of sp³-hybridized carbons (Fsp3) is 0.579. The highest BCUT2D eigenvalue weighted by atomic mass is 16.6. The van der Waals surface area contributed by atoms with Gasteiger partial charge in [-0.05, 0) is 37.3 Å². The fourth-order valence-electron chi connectivity index (χ4n) is 3.57. The largest absolute Gasteiger partial charge is 0.449 e. The van der Waals surface area contributed by atoms with Crippen LogP contribution in [0.15, 0.2) is 18.2 Å². The lowest BCUT2D eigenvalue weighted by atomic mass is 9.91. The maximum absolute atomic E-state index is 12.3. The Hall–Kier alpha value is -2.64. The van der Waals surface area contributed by atoms with Gasteiger partial charge in [0.25, 0.3) is 11.6 Å². The Morgan fingerprint density at radius 1 is 1.26 bits per heavy atom. The predicted octanol–water partition coefficient (Wildman–Crippen LogP) is 2.71. The number of benzene rings is 1. The lowest BCUT2D eigenvalue weighted by Crippen LogP contribution is -2.39. The normalized spacial score (nSPS) is 20.7. The summed E-state index contributed by atoms with van der Waals surface area (Å²) in [5.41, 5.74) is 0.437. The highest BCUT2D eigenvalue weighted by Gasteiger charge is 2.29. The number of carbonyl (C=O) groups excluding carboxylic acids is 2. The molecule has 0 N–H and O–H groups in total. The third-order valence-electron chi connectivity index (χ3n) is 4.69. The average molecular weight is 377 g/mol. The first kappa shape index (κ1) is 20.7.